The molecule has 110 valence electrons. The molecule has 0 aliphatic rings. The first-order valence-electron chi connectivity index (χ1n) is 5.05. The summed E-state index contributed by atoms with van der Waals surface area (Å²) in [6, 6.07) is 1.60. The molecule has 0 amide bonds. The van der Waals surface area contributed by atoms with Crippen molar-refractivity contribution in [3.05, 3.63) is 28.2 Å². The van der Waals surface area contributed by atoms with E-state index in [1.807, 2.05) is 0 Å². The average Bonchev–Trinajstić information content (AvgIpc) is 2.30. The van der Waals surface area contributed by atoms with Gasteiger partial charge in [0, 0.05) is 0 Å². The van der Waals surface area contributed by atoms with Crippen molar-refractivity contribution in [3.63, 3.8) is 0 Å². The van der Waals surface area contributed by atoms with E-state index in [2.05, 4.69) is 0 Å². The van der Waals surface area contributed by atoms with Crippen LogP contribution in [0.3, 0.4) is 0 Å². The van der Waals surface area contributed by atoms with Crippen LogP contribution in [-0.2, 0) is 19.6 Å². The van der Waals surface area contributed by atoms with Crippen molar-refractivity contribution in [1.82, 2.24) is 4.72 Å². The third-order valence-electron chi connectivity index (χ3n) is 2.18. The molecule has 0 spiro atoms. The summed E-state index contributed by atoms with van der Waals surface area (Å²) in [6.45, 7) is 0. The summed E-state index contributed by atoms with van der Waals surface area (Å²) in [6.07, 6.45) is -0.893. The summed E-state index contributed by atoms with van der Waals surface area (Å²) in [5.74, 6) is -3.05. The SMILES string of the molecule is O=C(O)C[C@@H](NS(=O)(=O)c1ccc(Cl)c(Cl)c1)C(=O)O. The minimum Gasteiger partial charge on any atom is -0.481 e. The van der Waals surface area contributed by atoms with Crippen LogP contribution < -0.4 is 4.72 Å². The molecule has 3 N–H and O–H groups in total. The van der Waals surface area contributed by atoms with Crippen LogP contribution in [-0.4, -0.2) is 36.6 Å². The third kappa shape index (κ3) is 4.34. The fourth-order valence-corrected chi connectivity index (χ4v) is 2.83. The van der Waals surface area contributed by atoms with Gasteiger partial charge in [0.1, 0.15) is 6.04 Å². The van der Waals surface area contributed by atoms with Crippen molar-refractivity contribution < 1.29 is 28.2 Å². The van der Waals surface area contributed by atoms with Crippen LogP contribution in [0.4, 0.5) is 0 Å². The molecule has 7 nitrogen and oxygen atoms in total. The number of sulfonamides is 1. The molecule has 10 heteroatoms. The highest BCUT2D eigenvalue weighted by Crippen LogP contribution is 2.24. The van der Waals surface area contributed by atoms with Crippen molar-refractivity contribution in [1.29, 1.82) is 0 Å². The van der Waals surface area contributed by atoms with Crippen molar-refractivity contribution >= 4 is 45.2 Å². The van der Waals surface area contributed by atoms with Crippen molar-refractivity contribution in [2.24, 2.45) is 0 Å². The Hall–Kier alpha value is -1.35. The fourth-order valence-electron chi connectivity index (χ4n) is 1.25. The van der Waals surface area contributed by atoms with Crippen LogP contribution in [0.25, 0.3) is 0 Å². The van der Waals surface area contributed by atoms with E-state index in [9.17, 15) is 18.0 Å². The third-order valence-corrected chi connectivity index (χ3v) is 4.38. The van der Waals surface area contributed by atoms with E-state index in [0.717, 1.165) is 12.1 Å². The maximum Gasteiger partial charge on any atom is 0.322 e. The average molecular weight is 342 g/mol. The van der Waals surface area contributed by atoms with Gasteiger partial charge in [0.05, 0.1) is 21.4 Å². The molecule has 20 heavy (non-hydrogen) atoms. The Morgan fingerprint density at radius 1 is 1.20 bits per heavy atom. The Kier molecular flexibility index (Phi) is 5.35. The molecular weight excluding hydrogens is 333 g/mol. The monoisotopic (exact) mass is 341 g/mol. The topological polar surface area (TPSA) is 121 Å². The van der Waals surface area contributed by atoms with Gasteiger partial charge in [-0.1, -0.05) is 23.2 Å². The smallest absolute Gasteiger partial charge is 0.322 e. The van der Waals surface area contributed by atoms with Gasteiger partial charge in [0.15, 0.2) is 0 Å². The molecule has 1 aromatic rings. The molecule has 1 aromatic carbocycles. The lowest BCUT2D eigenvalue weighted by Gasteiger charge is -2.13. The Morgan fingerprint density at radius 2 is 1.80 bits per heavy atom. The number of benzene rings is 1. The van der Waals surface area contributed by atoms with Gasteiger partial charge in [-0.25, -0.2) is 8.42 Å². The quantitative estimate of drug-likeness (QED) is 0.714. The molecular formula is C10H9Cl2NO6S. The van der Waals surface area contributed by atoms with E-state index in [0.29, 0.717) is 0 Å². The molecule has 0 fully saturated rings. The lowest BCUT2D eigenvalue weighted by molar-refractivity contribution is -0.145. The first-order chi connectivity index (χ1) is 9.13. The number of rotatable bonds is 6. The van der Waals surface area contributed by atoms with Gasteiger partial charge in [-0.3, -0.25) is 9.59 Å². The maximum atomic E-state index is 11.9. The lowest BCUT2D eigenvalue weighted by Crippen LogP contribution is -2.42. The number of halogens is 2. The predicted octanol–water partition coefficient (Wildman–Crippen LogP) is 1.20. The summed E-state index contributed by atoms with van der Waals surface area (Å²) in [5, 5.41) is 17.4. The molecule has 0 aliphatic carbocycles. The van der Waals surface area contributed by atoms with E-state index in [1.165, 1.54) is 6.07 Å². The molecule has 0 aromatic heterocycles. The van der Waals surface area contributed by atoms with Gasteiger partial charge in [-0.2, -0.15) is 4.72 Å². The highest BCUT2D eigenvalue weighted by Gasteiger charge is 2.27. The maximum absolute atomic E-state index is 11.9. The van der Waals surface area contributed by atoms with Crippen LogP contribution >= 0.6 is 23.2 Å². The summed E-state index contributed by atoms with van der Waals surface area (Å²) in [5.41, 5.74) is 0. The first kappa shape index (κ1) is 16.7. The van der Waals surface area contributed by atoms with Crippen molar-refractivity contribution in [2.45, 2.75) is 17.4 Å². The van der Waals surface area contributed by atoms with Crippen molar-refractivity contribution in [2.75, 3.05) is 0 Å². The van der Waals surface area contributed by atoms with Crippen LogP contribution in [0, 0.1) is 0 Å². The number of aliphatic carboxylic acids is 2. The van der Waals surface area contributed by atoms with Gasteiger partial charge in [-0.15, -0.1) is 0 Å². The second-order valence-corrected chi connectivity index (χ2v) is 6.21. The van der Waals surface area contributed by atoms with Gasteiger partial charge in [0.25, 0.3) is 0 Å². The normalized spacial score (nSPS) is 12.9. The van der Waals surface area contributed by atoms with E-state index >= 15 is 0 Å². The van der Waals surface area contributed by atoms with Gasteiger partial charge in [0.2, 0.25) is 10.0 Å². The van der Waals surface area contributed by atoms with Gasteiger partial charge < -0.3 is 10.2 Å². The van der Waals surface area contributed by atoms with E-state index in [1.54, 1.807) is 4.72 Å². The summed E-state index contributed by atoms with van der Waals surface area (Å²) in [4.78, 5) is 21.0. The second kappa shape index (κ2) is 6.40. The molecule has 0 unspecified atom stereocenters. The van der Waals surface area contributed by atoms with Crippen LogP contribution in [0.15, 0.2) is 23.1 Å². The van der Waals surface area contributed by atoms with Gasteiger partial charge in [-0.05, 0) is 18.2 Å². The molecule has 0 saturated heterocycles. The van der Waals surface area contributed by atoms with Gasteiger partial charge >= 0.3 is 11.9 Å². The minimum absolute atomic E-state index is 0.0281. The highest BCUT2D eigenvalue weighted by molar-refractivity contribution is 7.89. The summed E-state index contributed by atoms with van der Waals surface area (Å²) < 4.78 is 25.6. The zero-order valence-corrected chi connectivity index (χ0v) is 12.0. The standard InChI is InChI=1S/C10H9Cl2NO6S/c11-6-2-1-5(3-7(6)12)20(18,19)13-8(10(16)17)4-9(14)15/h1-3,8,13H,4H2,(H,14,15)(H,16,17)/t8-/m1/s1. The molecule has 0 saturated carbocycles. The number of carboxylic acids is 2. The highest BCUT2D eigenvalue weighted by atomic mass is 35.5. The van der Waals surface area contributed by atoms with Crippen LogP contribution in [0.2, 0.25) is 10.0 Å². The number of carbonyl (C=O) groups is 2. The Morgan fingerprint density at radius 3 is 2.25 bits per heavy atom. The molecule has 0 heterocycles. The minimum atomic E-state index is -4.23. The fraction of sp³-hybridized carbons (Fsp3) is 0.200. The molecule has 0 radical (unpaired) electrons. The predicted molar refractivity (Wildman–Crippen MR) is 70.5 cm³/mol. The summed E-state index contributed by atoms with van der Waals surface area (Å²) in [7, 11) is -4.23. The molecule has 1 atom stereocenters. The molecule has 1 rings (SSSR count). The number of carboxylic acid groups (broad SMARTS) is 2. The van der Waals surface area contributed by atoms with E-state index < -0.39 is 34.4 Å². The Bertz CT molecular complexity index is 645. The second-order valence-electron chi connectivity index (χ2n) is 3.69. The summed E-state index contributed by atoms with van der Waals surface area (Å²) >= 11 is 11.3. The van der Waals surface area contributed by atoms with E-state index in [4.69, 9.17) is 33.4 Å². The molecule has 0 aliphatic heterocycles. The lowest BCUT2D eigenvalue weighted by atomic mass is 10.2. The van der Waals surface area contributed by atoms with Crippen LogP contribution in [0.1, 0.15) is 6.42 Å². The van der Waals surface area contributed by atoms with Crippen molar-refractivity contribution in [3.8, 4) is 0 Å². The zero-order valence-electron chi connectivity index (χ0n) is 9.71. The number of nitrogens with one attached hydrogen (secondary N) is 1. The van der Waals surface area contributed by atoms with E-state index in [-0.39, 0.29) is 14.9 Å². The Labute approximate surface area is 124 Å². The Balaban J connectivity index is 3.06. The molecule has 0 bridgehead atoms. The first-order valence-corrected chi connectivity index (χ1v) is 7.29. The number of hydrogen-bond acceptors (Lipinski definition) is 4. The van der Waals surface area contributed by atoms with Crippen LogP contribution in [0.5, 0.6) is 0 Å². The zero-order chi connectivity index (χ0) is 15.5. The largest absolute Gasteiger partial charge is 0.481 e. The number of hydrogen-bond donors (Lipinski definition) is 3.